The van der Waals surface area contributed by atoms with Crippen molar-refractivity contribution in [2.24, 2.45) is 29.6 Å². The van der Waals surface area contributed by atoms with Gasteiger partial charge in [0.1, 0.15) is 0 Å². The van der Waals surface area contributed by atoms with Gasteiger partial charge in [0.15, 0.2) is 0 Å². The van der Waals surface area contributed by atoms with Gasteiger partial charge in [-0.15, -0.1) is 0 Å². The number of hydrogen-bond acceptors (Lipinski definition) is 5. The van der Waals surface area contributed by atoms with E-state index in [1.165, 1.54) is 366 Å². The van der Waals surface area contributed by atoms with Gasteiger partial charge in [-0.3, -0.25) is 4.18 Å². The van der Waals surface area contributed by atoms with Gasteiger partial charge in [-0.25, -0.2) is 8.42 Å². The molecule has 0 spiro atoms. The van der Waals surface area contributed by atoms with E-state index in [1.807, 2.05) is 6.92 Å². The molecule has 0 amide bonds. The van der Waals surface area contributed by atoms with Crippen LogP contribution in [0.15, 0.2) is 0 Å². The standard InChI is InChI=1S/C14H30O5S.5C14H30.Na/c1-3-4-5-6-7-8-9-10-11-14(2)18-12-13-19-20(15,16)17;1-4-6-7-8-9-10-11-13-14(3)12-5-2;1-4-7-8-9-10-11-13-14(6-3)12-5-2;1-4-7-8-9-10-13-14(11-5-2)12-6-3;1-4-7-9-10-13-14(11-6-3)12-8-5-2;1-4-7-9-12-14(11-6-3)13-10-8-5-2;/h14H,3-13H2,1-2H3,(H,15,16,17);5*14H,4-13H2,1-3H3;/q;;;;;;+1/p-1. The third kappa shape index (κ3) is 104. The summed E-state index contributed by atoms with van der Waals surface area (Å²) in [7, 11) is -4.59. The Labute approximate surface area is 603 Å². The molecule has 91 heavy (non-hydrogen) atoms. The normalized spacial score (nSPS) is 12.4. The van der Waals surface area contributed by atoms with Crippen molar-refractivity contribution in [1.82, 2.24) is 0 Å². The summed E-state index contributed by atoms with van der Waals surface area (Å²) in [4.78, 5) is 0. The molecule has 4 atom stereocenters. The Balaban J connectivity index is -0.000000187. The monoisotopic (exact) mass is 1320 g/mol. The molecular weight excluding hydrogens is 1140 g/mol. The SMILES string of the molecule is CCCCCC(CCC)CCCCC.CCCCCCC(CCC)CCCC.CCCCCCCC(CCC)CCC.CCCCCCCCC(CC)CCC.CCCCCCCCCC(C)CCC.CCCCCCCCCCC(C)OCCOS(=O)(=O)[O-].[Na+]. The number of unbranched alkanes of at least 4 members (excludes halogenated alkanes) is 30. The van der Waals surface area contributed by atoms with Crippen molar-refractivity contribution in [3.05, 3.63) is 0 Å². The van der Waals surface area contributed by atoms with E-state index >= 15 is 0 Å². The Morgan fingerprint density at radius 3 is 0.791 bits per heavy atom. The summed E-state index contributed by atoms with van der Waals surface area (Å²) in [5.74, 6) is 5.10. The number of rotatable bonds is 64. The van der Waals surface area contributed by atoms with Gasteiger partial charge in [0.2, 0.25) is 10.4 Å². The molecule has 0 aromatic rings. The van der Waals surface area contributed by atoms with Crippen LogP contribution in [-0.4, -0.2) is 32.3 Å². The third-order valence-corrected chi connectivity index (χ3v) is 19.3. The van der Waals surface area contributed by atoms with Crippen LogP contribution in [0.2, 0.25) is 0 Å². The van der Waals surface area contributed by atoms with E-state index in [0.717, 1.165) is 42.4 Å². The molecule has 4 unspecified atom stereocenters. The summed E-state index contributed by atoms with van der Waals surface area (Å²) in [6.45, 7) is 38.8. The zero-order valence-electron chi connectivity index (χ0n) is 67.0. The predicted octanol–water partition coefficient (Wildman–Crippen LogP) is 28.2. The first-order valence-electron chi connectivity index (χ1n) is 41.9. The van der Waals surface area contributed by atoms with Crippen molar-refractivity contribution in [1.29, 1.82) is 0 Å². The van der Waals surface area contributed by atoms with Crippen molar-refractivity contribution in [2.45, 2.75) is 503 Å². The minimum absolute atomic E-state index is 0. The molecule has 0 aliphatic rings. The van der Waals surface area contributed by atoms with E-state index in [0.29, 0.717) is 0 Å². The molecule has 0 saturated carbocycles. The van der Waals surface area contributed by atoms with E-state index in [4.69, 9.17) is 4.74 Å². The number of ether oxygens (including phenoxy) is 1. The third-order valence-electron chi connectivity index (χ3n) is 18.9. The molecule has 0 aliphatic carbocycles. The molecular formula is C84H179NaO5S. The van der Waals surface area contributed by atoms with Crippen LogP contribution in [0.4, 0.5) is 0 Å². The summed E-state index contributed by atoms with van der Waals surface area (Å²) < 4.78 is 40.0. The second kappa shape index (κ2) is 95.0. The van der Waals surface area contributed by atoms with E-state index < -0.39 is 10.4 Å². The molecule has 0 heterocycles. The van der Waals surface area contributed by atoms with Gasteiger partial charge in [-0.05, 0) is 42.9 Å². The van der Waals surface area contributed by atoms with Crippen molar-refractivity contribution < 1.29 is 51.4 Å². The second-order valence-electron chi connectivity index (χ2n) is 28.5. The summed E-state index contributed by atoms with van der Waals surface area (Å²) in [5.41, 5.74) is 0. The first kappa shape index (κ1) is 105. The van der Waals surface area contributed by atoms with Crippen LogP contribution < -0.4 is 29.6 Å². The van der Waals surface area contributed by atoms with Gasteiger partial charge < -0.3 is 9.29 Å². The van der Waals surface area contributed by atoms with Crippen LogP contribution >= 0.6 is 0 Å². The summed E-state index contributed by atoms with van der Waals surface area (Å²) in [6.07, 6.45) is 83.1. The molecule has 5 nitrogen and oxygen atoms in total. The Kier molecular flexibility index (Phi) is 110. The van der Waals surface area contributed by atoms with Gasteiger partial charge in [0.25, 0.3) is 0 Å². The van der Waals surface area contributed by atoms with Crippen LogP contribution in [0.5, 0.6) is 0 Å². The number of hydrogen-bond donors (Lipinski definition) is 0. The second-order valence-corrected chi connectivity index (χ2v) is 29.6. The largest absolute Gasteiger partial charge is 1.00 e. The fraction of sp³-hybridized carbons (Fsp3) is 1.00. The smallest absolute Gasteiger partial charge is 0.726 e. The first-order valence-corrected chi connectivity index (χ1v) is 43.2. The quantitative estimate of drug-likeness (QED) is 0.0262. The molecule has 0 rings (SSSR count). The van der Waals surface area contributed by atoms with Crippen LogP contribution in [0.25, 0.3) is 0 Å². The van der Waals surface area contributed by atoms with Gasteiger partial charge in [0, 0.05) is 0 Å². The zero-order valence-corrected chi connectivity index (χ0v) is 69.9. The Hall–Kier alpha value is 0.830. The maximum Gasteiger partial charge on any atom is 1.00 e. The predicted molar refractivity (Wildman–Crippen MR) is 412 cm³/mol. The molecule has 0 aromatic heterocycles. The van der Waals surface area contributed by atoms with Crippen molar-refractivity contribution in [3.63, 3.8) is 0 Å². The maximum absolute atomic E-state index is 10.2. The molecule has 0 saturated heterocycles. The molecule has 7 heteroatoms. The van der Waals surface area contributed by atoms with Gasteiger partial charge in [0.05, 0.1) is 19.3 Å². The summed E-state index contributed by atoms with van der Waals surface area (Å²) in [5, 5.41) is 0. The topological polar surface area (TPSA) is 75.7 Å². The fourth-order valence-corrected chi connectivity index (χ4v) is 13.3. The summed E-state index contributed by atoms with van der Waals surface area (Å²) in [6, 6.07) is 0. The molecule has 0 radical (unpaired) electrons. The molecule has 0 aliphatic heterocycles. The molecule has 0 fully saturated rings. The molecule has 0 bridgehead atoms. The van der Waals surface area contributed by atoms with Crippen LogP contribution in [0, 0.1) is 29.6 Å². The Bertz CT molecular complexity index is 1270. The van der Waals surface area contributed by atoms with Gasteiger partial charge in [-0.1, -0.05) is 483 Å². The molecule has 0 N–H and O–H groups in total. The van der Waals surface area contributed by atoms with Crippen LogP contribution in [0.3, 0.4) is 0 Å². The fourth-order valence-electron chi connectivity index (χ4n) is 13.0. The summed E-state index contributed by atoms with van der Waals surface area (Å²) >= 11 is 0. The minimum atomic E-state index is -4.59. The molecule has 0 aromatic carbocycles. The van der Waals surface area contributed by atoms with Gasteiger partial charge >= 0.3 is 29.6 Å². The van der Waals surface area contributed by atoms with Crippen LogP contribution in [0.1, 0.15) is 497 Å². The Morgan fingerprint density at radius 1 is 0.253 bits per heavy atom. The van der Waals surface area contributed by atoms with Gasteiger partial charge in [-0.2, -0.15) is 0 Å². The van der Waals surface area contributed by atoms with Crippen molar-refractivity contribution in [2.75, 3.05) is 13.2 Å². The average Bonchev–Trinajstić information content (AvgIpc) is 3.53. The van der Waals surface area contributed by atoms with Crippen molar-refractivity contribution in [3.8, 4) is 0 Å². The van der Waals surface area contributed by atoms with E-state index in [2.05, 4.69) is 115 Å². The Morgan fingerprint density at radius 2 is 0.484 bits per heavy atom. The average molecular weight is 1320 g/mol. The maximum atomic E-state index is 10.2. The zero-order chi connectivity index (χ0) is 68.5. The van der Waals surface area contributed by atoms with Crippen molar-refractivity contribution >= 4 is 10.4 Å². The van der Waals surface area contributed by atoms with E-state index in [9.17, 15) is 13.0 Å². The van der Waals surface area contributed by atoms with Crippen LogP contribution in [-0.2, 0) is 19.3 Å². The first-order chi connectivity index (χ1) is 43.6. The van der Waals surface area contributed by atoms with E-state index in [1.54, 1.807) is 0 Å². The van der Waals surface area contributed by atoms with E-state index in [-0.39, 0.29) is 48.9 Å². The molecule has 552 valence electrons. The minimum Gasteiger partial charge on any atom is -0.726 e.